The van der Waals surface area contributed by atoms with Crippen LogP contribution < -0.4 is 10.1 Å². The fourth-order valence-electron chi connectivity index (χ4n) is 3.31. The van der Waals surface area contributed by atoms with Crippen LogP contribution >= 0.6 is 11.8 Å². The average molecular weight is 418 g/mol. The van der Waals surface area contributed by atoms with Gasteiger partial charge in [0.1, 0.15) is 5.75 Å². The minimum Gasteiger partial charge on any atom is -0.497 e. The fraction of sp³-hybridized carbons (Fsp3) is 0.167. The number of carbonyl (C=O) groups excluding carboxylic acids is 1. The lowest BCUT2D eigenvalue weighted by atomic mass is 10.1. The molecule has 1 heterocycles. The maximum absolute atomic E-state index is 12.4. The highest BCUT2D eigenvalue weighted by atomic mass is 32.2. The third kappa shape index (κ3) is 4.49. The Morgan fingerprint density at radius 3 is 2.73 bits per heavy atom. The molecule has 1 N–H and O–H groups in total. The van der Waals surface area contributed by atoms with Crippen molar-refractivity contribution in [1.29, 1.82) is 0 Å². The van der Waals surface area contributed by atoms with Gasteiger partial charge in [-0.25, -0.2) is 4.98 Å². The number of hydrogen-bond donors (Lipinski definition) is 1. The van der Waals surface area contributed by atoms with Crippen LogP contribution in [-0.4, -0.2) is 28.3 Å². The van der Waals surface area contributed by atoms with Crippen molar-refractivity contribution in [2.45, 2.75) is 18.6 Å². The number of nitrogens with zero attached hydrogens (tertiary/aromatic N) is 2. The lowest BCUT2D eigenvalue weighted by molar-refractivity contribution is -0.118. The molecule has 0 saturated heterocycles. The minimum absolute atomic E-state index is 0.0193. The highest BCUT2D eigenvalue weighted by Crippen LogP contribution is 2.23. The Kier molecular flexibility index (Phi) is 6.05. The van der Waals surface area contributed by atoms with Gasteiger partial charge in [-0.3, -0.25) is 9.36 Å². The van der Waals surface area contributed by atoms with E-state index in [0.29, 0.717) is 12.3 Å². The van der Waals surface area contributed by atoms with Gasteiger partial charge in [-0.05, 0) is 53.1 Å². The van der Waals surface area contributed by atoms with Crippen LogP contribution in [0.5, 0.6) is 5.75 Å². The molecule has 1 amide bonds. The molecular weight excluding hydrogens is 394 g/mol. The molecule has 0 aliphatic heterocycles. The van der Waals surface area contributed by atoms with Gasteiger partial charge in [-0.2, -0.15) is 0 Å². The molecule has 4 rings (SSSR count). The second-order valence-electron chi connectivity index (χ2n) is 6.98. The number of fused-ring (bicyclic) bond motifs is 1. The summed E-state index contributed by atoms with van der Waals surface area (Å²) >= 11 is 1.43. The molecule has 5 nitrogen and oxygen atoms in total. The summed E-state index contributed by atoms with van der Waals surface area (Å²) in [6.45, 7) is 2.56. The molecule has 152 valence electrons. The fourth-order valence-corrected chi connectivity index (χ4v) is 4.10. The summed E-state index contributed by atoms with van der Waals surface area (Å²) in [5.41, 5.74) is 3.30. The van der Waals surface area contributed by atoms with Gasteiger partial charge in [-0.1, -0.05) is 48.2 Å². The van der Waals surface area contributed by atoms with E-state index in [-0.39, 0.29) is 5.91 Å². The SMILES string of the molecule is COc1ccc2cc(CNC(=O)CSc3nccn3-c3ccccc3C)ccc2c1. The monoisotopic (exact) mass is 417 g/mol. The summed E-state index contributed by atoms with van der Waals surface area (Å²) < 4.78 is 7.28. The first-order valence-electron chi connectivity index (χ1n) is 9.69. The number of carbonyl (C=O) groups is 1. The van der Waals surface area contributed by atoms with E-state index >= 15 is 0 Å². The molecule has 1 aromatic heterocycles. The average Bonchev–Trinajstić information content (AvgIpc) is 3.24. The molecule has 30 heavy (non-hydrogen) atoms. The number of benzene rings is 3. The third-order valence-electron chi connectivity index (χ3n) is 4.92. The summed E-state index contributed by atoms with van der Waals surface area (Å²) in [6.07, 6.45) is 3.68. The van der Waals surface area contributed by atoms with Crippen molar-refractivity contribution in [3.05, 3.63) is 84.2 Å². The van der Waals surface area contributed by atoms with Gasteiger partial charge in [-0.15, -0.1) is 0 Å². The highest BCUT2D eigenvalue weighted by Gasteiger charge is 2.10. The predicted molar refractivity (Wildman–Crippen MR) is 121 cm³/mol. The van der Waals surface area contributed by atoms with Gasteiger partial charge in [0.25, 0.3) is 0 Å². The Balaban J connectivity index is 1.36. The number of amides is 1. The Labute approximate surface area is 180 Å². The summed E-state index contributed by atoms with van der Waals surface area (Å²) in [6, 6.07) is 20.3. The molecule has 0 aliphatic carbocycles. The summed E-state index contributed by atoms with van der Waals surface area (Å²) in [7, 11) is 1.66. The van der Waals surface area contributed by atoms with Crippen LogP contribution in [0, 0.1) is 6.92 Å². The van der Waals surface area contributed by atoms with Crippen LogP contribution in [0.4, 0.5) is 0 Å². The molecular formula is C24H23N3O2S. The van der Waals surface area contributed by atoms with Crippen molar-refractivity contribution in [2.75, 3.05) is 12.9 Å². The smallest absolute Gasteiger partial charge is 0.230 e. The number of rotatable bonds is 7. The second-order valence-corrected chi connectivity index (χ2v) is 7.92. The van der Waals surface area contributed by atoms with Gasteiger partial charge in [0.15, 0.2) is 5.16 Å². The van der Waals surface area contributed by atoms with Crippen molar-refractivity contribution in [1.82, 2.24) is 14.9 Å². The summed E-state index contributed by atoms with van der Waals surface area (Å²) in [5.74, 6) is 1.13. The zero-order chi connectivity index (χ0) is 20.9. The van der Waals surface area contributed by atoms with E-state index in [1.54, 1.807) is 13.3 Å². The maximum Gasteiger partial charge on any atom is 0.230 e. The van der Waals surface area contributed by atoms with Gasteiger partial charge in [0, 0.05) is 18.9 Å². The number of aryl methyl sites for hydroxylation is 1. The zero-order valence-electron chi connectivity index (χ0n) is 17.0. The van der Waals surface area contributed by atoms with Crippen molar-refractivity contribution in [3.8, 4) is 11.4 Å². The van der Waals surface area contributed by atoms with E-state index in [1.807, 2.05) is 53.2 Å². The van der Waals surface area contributed by atoms with Crippen LogP contribution in [-0.2, 0) is 11.3 Å². The summed E-state index contributed by atoms with van der Waals surface area (Å²) in [5, 5.41) is 6.04. The van der Waals surface area contributed by atoms with Crippen molar-refractivity contribution >= 4 is 28.4 Å². The topological polar surface area (TPSA) is 56.1 Å². The molecule has 0 spiro atoms. The van der Waals surface area contributed by atoms with Crippen molar-refractivity contribution in [2.24, 2.45) is 0 Å². The zero-order valence-corrected chi connectivity index (χ0v) is 17.8. The Morgan fingerprint density at radius 2 is 1.90 bits per heavy atom. The highest BCUT2D eigenvalue weighted by molar-refractivity contribution is 7.99. The first-order valence-corrected chi connectivity index (χ1v) is 10.7. The third-order valence-corrected chi connectivity index (χ3v) is 5.88. The molecule has 0 aliphatic rings. The number of imidazole rings is 1. The molecule has 3 aromatic carbocycles. The van der Waals surface area contributed by atoms with Gasteiger partial charge >= 0.3 is 0 Å². The lowest BCUT2D eigenvalue weighted by Crippen LogP contribution is -2.24. The molecule has 0 saturated carbocycles. The number of ether oxygens (including phenoxy) is 1. The van der Waals surface area contributed by atoms with E-state index in [0.717, 1.165) is 38.5 Å². The van der Waals surface area contributed by atoms with Crippen LogP contribution in [0.1, 0.15) is 11.1 Å². The number of aromatic nitrogens is 2. The van der Waals surface area contributed by atoms with Crippen molar-refractivity contribution in [3.63, 3.8) is 0 Å². The number of thioether (sulfide) groups is 1. The first-order chi connectivity index (χ1) is 14.6. The maximum atomic E-state index is 12.4. The Bertz CT molecular complexity index is 1190. The van der Waals surface area contributed by atoms with E-state index in [4.69, 9.17) is 4.74 Å². The largest absolute Gasteiger partial charge is 0.497 e. The predicted octanol–water partition coefficient (Wildman–Crippen LogP) is 4.75. The summed E-state index contributed by atoms with van der Waals surface area (Å²) in [4.78, 5) is 16.8. The minimum atomic E-state index is -0.0193. The number of methoxy groups -OCH3 is 1. The van der Waals surface area contributed by atoms with Gasteiger partial charge in [0.05, 0.1) is 18.6 Å². The van der Waals surface area contributed by atoms with Crippen LogP contribution in [0.2, 0.25) is 0 Å². The van der Waals surface area contributed by atoms with Crippen LogP contribution in [0.25, 0.3) is 16.5 Å². The van der Waals surface area contributed by atoms with Crippen LogP contribution in [0.3, 0.4) is 0 Å². The van der Waals surface area contributed by atoms with E-state index in [9.17, 15) is 4.79 Å². The van der Waals surface area contributed by atoms with Gasteiger partial charge in [0.2, 0.25) is 5.91 Å². The Morgan fingerprint density at radius 1 is 1.10 bits per heavy atom. The van der Waals surface area contributed by atoms with Crippen LogP contribution in [0.15, 0.2) is 78.2 Å². The Hall–Kier alpha value is -3.25. The number of para-hydroxylation sites is 1. The van der Waals surface area contributed by atoms with E-state index in [1.165, 1.54) is 11.8 Å². The molecule has 0 radical (unpaired) electrons. The molecule has 0 atom stereocenters. The number of hydrogen-bond acceptors (Lipinski definition) is 4. The second kappa shape index (κ2) is 9.05. The van der Waals surface area contributed by atoms with Crippen molar-refractivity contribution < 1.29 is 9.53 Å². The molecule has 0 unspecified atom stereocenters. The molecule has 0 bridgehead atoms. The molecule has 6 heteroatoms. The normalized spacial score (nSPS) is 10.9. The standard InChI is InChI=1S/C24H23N3O2S/c1-17-5-3-4-6-22(17)27-12-11-25-24(27)30-16-23(28)26-15-18-7-8-20-14-21(29-2)10-9-19(20)13-18/h3-14H,15-16H2,1-2H3,(H,26,28). The lowest BCUT2D eigenvalue weighted by Gasteiger charge is -2.10. The van der Waals surface area contributed by atoms with Gasteiger partial charge < -0.3 is 10.1 Å². The van der Waals surface area contributed by atoms with E-state index in [2.05, 4.69) is 35.4 Å². The van der Waals surface area contributed by atoms with E-state index < -0.39 is 0 Å². The molecule has 0 fully saturated rings. The number of nitrogens with one attached hydrogen (secondary N) is 1. The quantitative estimate of drug-likeness (QED) is 0.441. The molecule has 4 aromatic rings. The first kappa shape index (κ1) is 20.0.